The fraction of sp³-hybridized carbons (Fsp3) is 0.231. The molecule has 0 aliphatic carbocycles. The Morgan fingerprint density at radius 2 is 1.70 bits per heavy atom. The topological polar surface area (TPSA) is 79.3 Å². The molecule has 0 radical (unpaired) electrons. The standard InChI is InChI=1S/C26H24N2O5/c1-3-32-21-15-17(12-13-20(21)29)23-22-24(33-28(23)18-9-5-4-6-10-18)26(31)27(25(22)30)19-11-7-8-16(2)14-19/h4-15,22-24,29H,3H2,1-2H3/t22-,23+,24-/m0/s1. The number of carbonyl (C=O) groups is 2. The highest BCUT2D eigenvalue weighted by Gasteiger charge is 2.60. The summed E-state index contributed by atoms with van der Waals surface area (Å²) in [5.41, 5.74) is 2.92. The number of ether oxygens (including phenoxy) is 1. The number of para-hydroxylation sites is 1. The van der Waals surface area contributed by atoms with E-state index < -0.39 is 18.1 Å². The lowest BCUT2D eigenvalue weighted by Crippen LogP contribution is -2.37. The number of hydrogen-bond acceptors (Lipinski definition) is 6. The van der Waals surface area contributed by atoms with Crippen LogP contribution >= 0.6 is 0 Å². The molecule has 2 saturated heterocycles. The predicted molar refractivity (Wildman–Crippen MR) is 123 cm³/mol. The third-order valence-corrected chi connectivity index (χ3v) is 6.01. The lowest BCUT2D eigenvalue weighted by Gasteiger charge is -2.29. The minimum Gasteiger partial charge on any atom is -0.504 e. The van der Waals surface area contributed by atoms with Crippen LogP contribution in [0.5, 0.6) is 11.5 Å². The summed E-state index contributed by atoms with van der Waals surface area (Å²) in [6, 6.07) is 21.1. The molecule has 5 rings (SSSR count). The second-order valence-corrected chi connectivity index (χ2v) is 8.17. The van der Waals surface area contributed by atoms with Crippen LogP contribution in [0.4, 0.5) is 11.4 Å². The van der Waals surface area contributed by atoms with Gasteiger partial charge in [-0.25, -0.2) is 9.96 Å². The number of nitrogens with zero attached hydrogens (tertiary/aromatic N) is 2. The normalized spacial score (nSPS) is 22.1. The molecule has 33 heavy (non-hydrogen) atoms. The van der Waals surface area contributed by atoms with Crippen molar-refractivity contribution in [3.05, 3.63) is 83.9 Å². The lowest BCUT2D eigenvalue weighted by atomic mass is 9.90. The highest BCUT2D eigenvalue weighted by molar-refractivity contribution is 6.24. The Morgan fingerprint density at radius 1 is 0.939 bits per heavy atom. The largest absolute Gasteiger partial charge is 0.504 e. The van der Waals surface area contributed by atoms with Gasteiger partial charge in [0.2, 0.25) is 5.91 Å². The Labute approximate surface area is 191 Å². The van der Waals surface area contributed by atoms with Gasteiger partial charge in [-0.1, -0.05) is 36.4 Å². The van der Waals surface area contributed by atoms with E-state index in [0.29, 0.717) is 23.6 Å². The number of hydroxylamine groups is 1. The Morgan fingerprint density at radius 3 is 2.42 bits per heavy atom. The number of aromatic hydroxyl groups is 1. The van der Waals surface area contributed by atoms with E-state index in [-0.39, 0.29) is 17.6 Å². The average molecular weight is 444 g/mol. The van der Waals surface area contributed by atoms with Gasteiger partial charge in [-0.2, -0.15) is 0 Å². The van der Waals surface area contributed by atoms with E-state index in [1.165, 1.54) is 11.0 Å². The first-order valence-corrected chi connectivity index (χ1v) is 10.9. The van der Waals surface area contributed by atoms with Gasteiger partial charge in [-0.15, -0.1) is 0 Å². The van der Waals surface area contributed by atoms with Crippen molar-refractivity contribution in [3.8, 4) is 11.5 Å². The molecule has 3 atom stereocenters. The van der Waals surface area contributed by atoms with Crippen molar-refractivity contribution >= 4 is 23.2 Å². The van der Waals surface area contributed by atoms with Gasteiger partial charge < -0.3 is 9.84 Å². The molecule has 7 heteroatoms. The van der Waals surface area contributed by atoms with Gasteiger partial charge in [0.1, 0.15) is 5.92 Å². The number of carbonyl (C=O) groups excluding carboxylic acids is 2. The molecule has 3 aromatic carbocycles. The first-order valence-electron chi connectivity index (χ1n) is 10.9. The van der Waals surface area contributed by atoms with Gasteiger partial charge in [0.15, 0.2) is 17.6 Å². The molecular formula is C26H24N2O5. The number of aryl methyl sites for hydroxylation is 1. The van der Waals surface area contributed by atoms with Gasteiger partial charge in [0.05, 0.1) is 24.0 Å². The Kier molecular flexibility index (Phi) is 5.26. The number of amides is 2. The van der Waals surface area contributed by atoms with E-state index in [2.05, 4.69) is 0 Å². The van der Waals surface area contributed by atoms with Crippen LogP contribution < -0.4 is 14.7 Å². The summed E-state index contributed by atoms with van der Waals surface area (Å²) in [6.07, 6.45) is -0.951. The van der Waals surface area contributed by atoms with Crippen molar-refractivity contribution in [3.63, 3.8) is 0 Å². The molecule has 2 aliphatic rings. The van der Waals surface area contributed by atoms with Crippen molar-refractivity contribution in [2.24, 2.45) is 5.92 Å². The molecule has 0 unspecified atom stereocenters. The van der Waals surface area contributed by atoms with E-state index in [4.69, 9.17) is 9.57 Å². The smallest absolute Gasteiger partial charge is 0.266 e. The zero-order valence-electron chi connectivity index (χ0n) is 18.3. The SMILES string of the molecule is CCOc1cc([C@@H]2[C@@H]3C(=O)N(c4cccc(C)c4)C(=O)[C@H]3ON2c2ccccc2)ccc1O. The predicted octanol–water partition coefficient (Wildman–Crippen LogP) is 4.15. The number of fused-ring (bicyclic) bond motifs is 1. The summed E-state index contributed by atoms with van der Waals surface area (Å²) in [7, 11) is 0. The minimum absolute atomic E-state index is 0.0116. The van der Waals surface area contributed by atoms with Crippen LogP contribution in [-0.2, 0) is 14.4 Å². The summed E-state index contributed by atoms with van der Waals surface area (Å²) in [6.45, 7) is 4.12. The van der Waals surface area contributed by atoms with E-state index in [1.54, 1.807) is 23.3 Å². The van der Waals surface area contributed by atoms with E-state index in [9.17, 15) is 14.7 Å². The number of hydrogen-bond donors (Lipinski definition) is 1. The van der Waals surface area contributed by atoms with E-state index >= 15 is 0 Å². The monoisotopic (exact) mass is 444 g/mol. The van der Waals surface area contributed by atoms with Crippen molar-refractivity contribution < 1.29 is 24.3 Å². The lowest BCUT2D eigenvalue weighted by molar-refractivity contribution is -0.126. The number of imide groups is 1. The first kappa shape index (κ1) is 21.0. The number of rotatable bonds is 5. The third-order valence-electron chi connectivity index (χ3n) is 6.01. The van der Waals surface area contributed by atoms with Crippen LogP contribution in [0.2, 0.25) is 0 Å². The Hall–Kier alpha value is -3.84. The number of benzene rings is 3. The molecule has 2 heterocycles. The third kappa shape index (κ3) is 3.50. The van der Waals surface area contributed by atoms with Crippen LogP contribution in [-0.4, -0.2) is 29.6 Å². The quantitative estimate of drug-likeness (QED) is 0.596. The molecule has 7 nitrogen and oxygen atoms in total. The zero-order valence-corrected chi connectivity index (χ0v) is 18.3. The summed E-state index contributed by atoms with van der Waals surface area (Å²) >= 11 is 0. The van der Waals surface area contributed by atoms with E-state index in [0.717, 1.165) is 11.3 Å². The van der Waals surface area contributed by atoms with Crippen molar-refractivity contribution in [2.75, 3.05) is 16.6 Å². The molecule has 2 fully saturated rings. The maximum Gasteiger partial charge on any atom is 0.266 e. The molecular weight excluding hydrogens is 420 g/mol. The van der Waals surface area contributed by atoms with Gasteiger partial charge in [-0.05, 0) is 61.4 Å². The van der Waals surface area contributed by atoms with Crippen molar-refractivity contribution in [2.45, 2.75) is 26.0 Å². The van der Waals surface area contributed by atoms with Crippen molar-refractivity contribution in [1.82, 2.24) is 0 Å². The molecule has 0 aromatic heterocycles. The Bertz CT molecular complexity index is 1210. The molecule has 1 N–H and O–H groups in total. The van der Waals surface area contributed by atoms with Gasteiger partial charge in [-0.3, -0.25) is 14.4 Å². The van der Waals surface area contributed by atoms with Crippen LogP contribution in [0, 0.1) is 12.8 Å². The molecule has 0 saturated carbocycles. The summed E-state index contributed by atoms with van der Waals surface area (Å²) in [5, 5.41) is 11.8. The molecule has 0 spiro atoms. The zero-order chi connectivity index (χ0) is 23.1. The fourth-order valence-corrected chi connectivity index (χ4v) is 4.56. The second-order valence-electron chi connectivity index (χ2n) is 8.17. The van der Waals surface area contributed by atoms with Crippen molar-refractivity contribution in [1.29, 1.82) is 0 Å². The summed E-state index contributed by atoms with van der Waals surface area (Å²) < 4.78 is 5.57. The van der Waals surface area contributed by atoms with Crippen LogP contribution in [0.3, 0.4) is 0 Å². The summed E-state index contributed by atoms with van der Waals surface area (Å²) in [5.74, 6) is -1.12. The minimum atomic E-state index is -0.951. The van der Waals surface area contributed by atoms with Crippen LogP contribution in [0.1, 0.15) is 24.1 Å². The molecule has 2 aliphatic heterocycles. The highest BCUT2D eigenvalue weighted by atomic mass is 16.7. The number of phenolic OH excluding ortho intramolecular Hbond substituents is 1. The summed E-state index contributed by atoms with van der Waals surface area (Å²) in [4.78, 5) is 34.4. The van der Waals surface area contributed by atoms with Gasteiger partial charge in [0.25, 0.3) is 5.91 Å². The van der Waals surface area contributed by atoms with Crippen LogP contribution in [0.25, 0.3) is 0 Å². The van der Waals surface area contributed by atoms with E-state index in [1.807, 2.05) is 62.4 Å². The molecule has 168 valence electrons. The molecule has 3 aromatic rings. The van der Waals surface area contributed by atoms with Gasteiger partial charge >= 0.3 is 0 Å². The van der Waals surface area contributed by atoms with Gasteiger partial charge in [0, 0.05) is 0 Å². The van der Waals surface area contributed by atoms with Crippen LogP contribution in [0.15, 0.2) is 72.8 Å². The molecule has 0 bridgehead atoms. The average Bonchev–Trinajstić information content (AvgIpc) is 3.32. The first-order chi connectivity index (χ1) is 16.0. The maximum atomic E-state index is 13.7. The molecule has 2 amide bonds. The number of phenols is 1. The number of anilines is 2. The highest BCUT2D eigenvalue weighted by Crippen LogP contribution is 2.48. The Balaban J connectivity index is 1.60. The second kappa shape index (κ2) is 8.26. The fourth-order valence-electron chi connectivity index (χ4n) is 4.56. The maximum absolute atomic E-state index is 13.7.